The summed E-state index contributed by atoms with van der Waals surface area (Å²) in [6.07, 6.45) is 4.97. The van der Waals surface area contributed by atoms with Crippen LogP contribution in [0.5, 0.6) is 0 Å². The molecule has 2 aromatic heterocycles. The lowest BCUT2D eigenvalue weighted by atomic mass is 10.0. The van der Waals surface area contributed by atoms with Crippen molar-refractivity contribution in [1.29, 1.82) is 0 Å². The minimum Gasteiger partial charge on any atom is -0.274 e. The molecule has 1 aliphatic carbocycles. The largest absolute Gasteiger partial charge is 0.274 e. The third kappa shape index (κ3) is 3.14. The van der Waals surface area contributed by atoms with E-state index in [2.05, 4.69) is 0 Å². The fraction of sp³-hybridized carbons (Fsp3) is 0.263. The van der Waals surface area contributed by atoms with Crippen molar-refractivity contribution in [1.82, 2.24) is 4.98 Å². The third-order valence-corrected chi connectivity index (χ3v) is 6.21. The smallest absolute Gasteiger partial charge is 0.238 e. The van der Waals surface area contributed by atoms with E-state index in [1.54, 1.807) is 27.6 Å². The number of carbonyl (C=O) groups excluding carboxylic acids is 1. The maximum atomic E-state index is 13.0. The van der Waals surface area contributed by atoms with E-state index < -0.39 is 0 Å². The molecule has 1 aliphatic rings. The van der Waals surface area contributed by atoms with Crippen LogP contribution in [-0.2, 0) is 24.1 Å². The molecule has 0 atom stereocenters. The maximum Gasteiger partial charge on any atom is 0.238 e. The molecule has 2 heterocycles. The average molecular weight is 355 g/mol. The fourth-order valence-corrected chi connectivity index (χ4v) is 4.90. The Hall–Kier alpha value is -1.98. The number of aryl methyl sites for hydroxylation is 2. The number of hydrogen-bond acceptors (Lipinski definition) is 4. The second-order valence-corrected chi connectivity index (χ2v) is 7.99. The molecule has 1 aromatic carbocycles. The zero-order valence-corrected chi connectivity index (χ0v) is 14.9. The van der Waals surface area contributed by atoms with E-state index in [1.165, 1.54) is 23.4 Å². The molecule has 24 heavy (non-hydrogen) atoms. The number of thiophene rings is 1. The van der Waals surface area contributed by atoms with Gasteiger partial charge in [-0.1, -0.05) is 24.3 Å². The highest BCUT2D eigenvalue weighted by Crippen LogP contribution is 2.35. The molecule has 0 aliphatic heterocycles. The number of rotatable bonds is 4. The summed E-state index contributed by atoms with van der Waals surface area (Å²) >= 11 is 3.30. The zero-order chi connectivity index (χ0) is 16.4. The van der Waals surface area contributed by atoms with Gasteiger partial charge in [-0.05, 0) is 49.3 Å². The number of anilines is 2. The summed E-state index contributed by atoms with van der Waals surface area (Å²) in [6.45, 7) is 0. The van der Waals surface area contributed by atoms with E-state index >= 15 is 0 Å². The SMILES string of the molecule is O=C(Cc1cccs1)N(c1ccccc1)c1nc2c(s1)CCCC2. The highest BCUT2D eigenvalue weighted by atomic mass is 32.1. The Morgan fingerprint density at radius 2 is 1.92 bits per heavy atom. The van der Waals surface area contributed by atoms with Gasteiger partial charge in [0.2, 0.25) is 5.91 Å². The fourth-order valence-electron chi connectivity index (χ4n) is 3.01. The van der Waals surface area contributed by atoms with Crippen molar-refractivity contribution >= 4 is 39.4 Å². The lowest BCUT2D eigenvalue weighted by Crippen LogP contribution is -2.27. The van der Waals surface area contributed by atoms with Gasteiger partial charge >= 0.3 is 0 Å². The highest BCUT2D eigenvalue weighted by Gasteiger charge is 2.24. The Labute approximate surface area is 149 Å². The molecule has 0 bridgehead atoms. The van der Waals surface area contributed by atoms with Crippen LogP contribution in [-0.4, -0.2) is 10.9 Å². The monoisotopic (exact) mass is 354 g/mol. The molecule has 3 aromatic rings. The Morgan fingerprint density at radius 3 is 2.67 bits per heavy atom. The van der Waals surface area contributed by atoms with Crippen LogP contribution < -0.4 is 4.90 Å². The van der Waals surface area contributed by atoms with Gasteiger partial charge in [0.15, 0.2) is 5.13 Å². The van der Waals surface area contributed by atoms with E-state index in [0.717, 1.165) is 28.5 Å². The number of benzene rings is 1. The van der Waals surface area contributed by atoms with Crippen molar-refractivity contribution in [2.45, 2.75) is 32.1 Å². The van der Waals surface area contributed by atoms with Gasteiger partial charge in [0, 0.05) is 9.75 Å². The molecule has 122 valence electrons. The van der Waals surface area contributed by atoms with E-state index in [-0.39, 0.29) is 5.91 Å². The molecule has 4 rings (SSSR count). The summed E-state index contributed by atoms with van der Waals surface area (Å²) in [5.74, 6) is 0.0785. The molecule has 5 heteroatoms. The maximum absolute atomic E-state index is 13.0. The number of hydrogen-bond donors (Lipinski definition) is 0. The van der Waals surface area contributed by atoms with Gasteiger partial charge in [-0.15, -0.1) is 22.7 Å². The molecule has 0 fully saturated rings. The van der Waals surface area contributed by atoms with Gasteiger partial charge in [0.1, 0.15) is 0 Å². The quantitative estimate of drug-likeness (QED) is 0.661. The molecular weight excluding hydrogens is 336 g/mol. The van der Waals surface area contributed by atoms with E-state index in [0.29, 0.717) is 6.42 Å². The minimum atomic E-state index is 0.0785. The first-order valence-electron chi connectivity index (χ1n) is 8.20. The van der Waals surface area contributed by atoms with Crippen LogP contribution in [0.15, 0.2) is 47.8 Å². The van der Waals surface area contributed by atoms with Crippen LogP contribution in [0.3, 0.4) is 0 Å². The Morgan fingerprint density at radius 1 is 1.08 bits per heavy atom. The van der Waals surface area contributed by atoms with Gasteiger partial charge in [-0.2, -0.15) is 0 Å². The number of thiazole rings is 1. The third-order valence-electron chi connectivity index (χ3n) is 4.20. The average Bonchev–Trinajstić information content (AvgIpc) is 3.25. The molecule has 0 N–H and O–H groups in total. The Bertz CT molecular complexity index is 801. The van der Waals surface area contributed by atoms with E-state index in [1.807, 2.05) is 47.8 Å². The van der Waals surface area contributed by atoms with Crippen LogP contribution >= 0.6 is 22.7 Å². The predicted molar refractivity (Wildman–Crippen MR) is 100 cm³/mol. The topological polar surface area (TPSA) is 33.2 Å². The van der Waals surface area contributed by atoms with Crippen LogP contribution in [0.4, 0.5) is 10.8 Å². The number of aromatic nitrogens is 1. The number of nitrogens with zero attached hydrogens (tertiary/aromatic N) is 2. The van der Waals surface area contributed by atoms with Crippen molar-refractivity contribution in [3.63, 3.8) is 0 Å². The molecule has 0 saturated carbocycles. The van der Waals surface area contributed by atoms with Crippen molar-refractivity contribution in [3.05, 3.63) is 63.3 Å². The van der Waals surface area contributed by atoms with Crippen molar-refractivity contribution in [2.24, 2.45) is 0 Å². The molecule has 0 saturated heterocycles. The summed E-state index contributed by atoms with van der Waals surface area (Å²) in [5.41, 5.74) is 2.08. The second kappa shape index (κ2) is 6.87. The van der Waals surface area contributed by atoms with Crippen LogP contribution in [0, 0.1) is 0 Å². The summed E-state index contributed by atoms with van der Waals surface area (Å²) < 4.78 is 0. The summed E-state index contributed by atoms with van der Waals surface area (Å²) in [6, 6.07) is 13.9. The van der Waals surface area contributed by atoms with Gasteiger partial charge in [-0.3, -0.25) is 9.69 Å². The zero-order valence-electron chi connectivity index (χ0n) is 13.3. The first-order chi connectivity index (χ1) is 11.8. The van der Waals surface area contributed by atoms with Crippen LogP contribution in [0.1, 0.15) is 28.3 Å². The molecule has 0 spiro atoms. The molecule has 1 amide bonds. The number of amides is 1. The highest BCUT2D eigenvalue weighted by molar-refractivity contribution is 7.16. The molecule has 3 nitrogen and oxygen atoms in total. The first-order valence-corrected chi connectivity index (χ1v) is 9.90. The van der Waals surface area contributed by atoms with Crippen LogP contribution in [0.2, 0.25) is 0 Å². The first kappa shape index (κ1) is 15.5. The van der Waals surface area contributed by atoms with E-state index in [9.17, 15) is 4.79 Å². The van der Waals surface area contributed by atoms with Gasteiger partial charge in [0.25, 0.3) is 0 Å². The lowest BCUT2D eigenvalue weighted by molar-refractivity contribution is -0.117. The summed E-state index contributed by atoms with van der Waals surface area (Å²) in [7, 11) is 0. The Kier molecular flexibility index (Phi) is 4.45. The normalized spacial score (nSPS) is 13.5. The summed E-state index contributed by atoms with van der Waals surface area (Å²) in [4.78, 5) is 22.1. The van der Waals surface area contributed by atoms with Gasteiger partial charge in [0.05, 0.1) is 17.8 Å². The van der Waals surface area contributed by atoms with Crippen molar-refractivity contribution in [2.75, 3.05) is 4.90 Å². The van der Waals surface area contributed by atoms with E-state index in [4.69, 9.17) is 4.98 Å². The lowest BCUT2D eigenvalue weighted by Gasteiger charge is -2.19. The van der Waals surface area contributed by atoms with Gasteiger partial charge < -0.3 is 0 Å². The Balaban J connectivity index is 1.70. The second-order valence-electron chi connectivity index (χ2n) is 5.89. The number of carbonyl (C=O) groups is 1. The molecule has 0 unspecified atom stereocenters. The summed E-state index contributed by atoms with van der Waals surface area (Å²) in [5, 5.41) is 2.83. The number of fused-ring (bicyclic) bond motifs is 1. The molecule has 0 radical (unpaired) electrons. The van der Waals surface area contributed by atoms with Crippen LogP contribution in [0.25, 0.3) is 0 Å². The van der Waals surface area contributed by atoms with Crippen molar-refractivity contribution in [3.8, 4) is 0 Å². The number of para-hydroxylation sites is 1. The van der Waals surface area contributed by atoms with Crippen molar-refractivity contribution < 1.29 is 4.79 Å². The van der Waals surface area contributed by atoms with Gasteiger partial charge in [-0.25, -0.2) is 4.98 Å². The predicted octanol–water partition coefficient (Wildman–Crippen LogP) is 4.99. The minimum absolute atomic E-state index is 0.0785. The standard InChI is InChI=1S/C19H18N2OS2/c22-18(13-15-9-6-12-23-15)21(14-7-2-1-3-8-14)19-20-16-10-4-5-11-17(16)24-19/h1-3,6-9,12H,4-5,10-11,13H2. The molecular formula is C19H18N2OS2.